The Bertz CT molecular complexity index is 381. The van der Waals surface area contributed by atoms with E-state index in [-0.39, 0.29) is 6.10 Å². The van der Waals surface area contributed by atoms with Crippen molar-refractivity contribution < 1.29 is 5.11 Å². The van der Waals surface area contributed by atoms with Gasteiger partial charge in [0.2, 0.25) is 0 Å². The smallest absolute Gasteiger partial charge is 0.147 e. The summed E-state index contributed by atoms with van der Waals surface area (Å²) in [6.45, 7) is 7.63. The summed E-state index contributed by atoms with van der Waals surface area (Å²) in [5.41, 5.74) is 1.93. The first-order valence-corrected chi connectivity index (χ1v) is 5.81. The average Bonchev–Trinajstić information content (AvgIpc) is 2.26. The Morgan fingerprint density at radius 1 is 1.38 bits per heavy atom. The van der Waals surface area contributed by atoms with Gasteiger partial charge in [-0.1, -0.05) is 6.92 Å². The summed E-state index contributed by atoms with van der Waals surface area (Å²) >= 11 is 0. The van der Waals surface area contributed by atoms with E-state index >= 15 is 0 Å². The predicted molar refractivity (Wildman–Crippen MR) is 63.5 cm³/mol. The van der Waals surface area contributed by atoms with Gasteiger partial charge in [-0.25, -0.2) is 4.98 Å². The number of aryl methyl sites for hydroxylation is 2. The van der Waals surface area contributed by atoms with E-state index in [9.17, 15) is 5.11 Å². The van der Waals surface area contributed by atoms with E-state index in [1.807, 2.05) is 13.8 Å². The summed E-state index contributed by atoms with van der Waals surface area (Å²) in [7, 11) is 0. The molecule has 16 heavy (non-hydrogen) atoms. The minimum absolute atomic E-state index is 0.253. The zero-order valence-corrected chi connectivity index (χ0v) is 10.1. The quantitative estimate of drug-likeness (QED) is 0.776. The molecule has 2 atom stereocenters. The van der Waals surface area contributed by atoms with Crippen LogP contribution in [0, 0.1) is 19.8 Å². The largest absolute Gasteiger partial charge is 0.391 e. The molecule has 4 nitrogen and oxygen atoms in total. The first-order valence-electron chi connectivity index (χ1n) is 5.81. The Labute approximate surface area is 96.3 Å². The first kappa shape index (κ1) is 11.3. The highest BCUT2D eigenvalue weighted by atomic mass is 16.3. The number of hydrogen-bond donors (Lipinski definition) is 1. The molecule has 1 aromatic rings. The molecule has 1 aromatic heterocycles. The molecule has 88 valence electrons. The summed E-state index contributed by atoms with van der Waals surface area (Å²) in [5.74, 6) is 1.27. The number of rotatable bonds is 1. The molecule has 2 rings (SSSR count). The van der Waals surface area contributed by atoms with Crippen LogP contribution in [0.4, 0.5) is 5.82 Å². The lowest BCUT2D eigenvalue weighted by Gasteiger charge is -2.34. The van der Waals surface area contributed by atoms with Crippen LogP contribution in [0.15, 0.2) is 6.20 Å². The number of aliphatic hydroxyl groups is 1. The lowest BCUT2D eigenvalue weighted by Crippen LogP contribution is -2.43. The number of nitrogens with zero attached hydrogens (tertiary/aromatic N) is 3. The fourth-order valence-electron chi connectivity index (χ4n) is 1.94. The van der Waals surface area contributed by atoms with Crippen molar-refractivity contribution >= 4 is 5.82 Å². The molecule has 1 aliphatic rings. The molecule has 1 aliphatic heterocycles. The van der Waals surface area contributed by atoms with Crippen LogP contribution >= 0.6 is 0 Å². The van der Waals surface area contributed by atoms with Crippen LogP contribution in [-0.2, 0) is 0 Å². The van der Waals surface area contributed by atoms with Crippen LogP contribution < -0.4 is 4.90 Å². The maximum atomic E-state index is 9.84. The molecule has 4 heteroatoms. The van der Waals surface area contributed by atoms with E-state index in [0.717, 1.165) is 30.2 Å². The van der Waals surface area contributed by atoms with Crippen molar-refractivity contribution in [2.45, 2.75) is 33.3 Å². The summed E-state index contributed by atoms with van der Waals surface area (Å²) < 4.78 is 0. The molecule has 2 unspecified atom stereocenters. The van der Waals surface area contributed by atoms with E-state index < -0.39 is 0 Å². The SMILES string of the molecule is Cc1ncc(N2CCC(C)C(O)C2)nc1C. The monoisotopic (exact) mass is 221 g/mol. The number of piperidine rings is 1. The Balaban J connectivity index is 2.15. The van der Waals surface area contributed by atoms with Crippen molar-refractivity contribution in [2.24, 2.45) is 5.92 Å². The van der Waals surface area contributed by atoms with E-state index in [0.29, 0.717) is 12.5 Å². The molecular formula is C12H19N3O. The van der Waals surface area contributed by atoms with Gasteiger partial charge in [-0.05, 0) is 26.2 Å². The van der Waals surface area contributed by atoms with Gasteiger partial charge >= 0.3 is 0 Å². The van der Waals surface area contributed by atoms with E-state index in [1.54, 1.807) is 6.20 Å². The van der Waals surface area contributed by atoms with Crippen LogP contribution in [0.3, 0.4) is 0 Å². The van der Waals surface area contributed by atoms with Crippen molar-refractivity contribution in [1.29, 1.82) is 0 Å². The zero-order valence-electron chi connectivity index (χ0n) is 10.1. The van der Waals surface area contributed by atoms with Crippen molar-refractivity contribution in [3.05, 3.63) is 17.6 Å². The van der Waals surface area contributed by atoms with Crippen molar-refractivity contribution in [3.63, 3.8) is 0 Å². The lowest BCUT2D eigenvalue weighted by atomic mass is 9.96. The van der Waals surface area contributed by atoms with Gasteiger partial charge in [0.1, 0.15) is 5.82 Å². The number of aromatic nitrogens is 2. The summed E-state index contributed by atoms with van der Waals surface area (Å²) in [6, 6.07) is 0. The molecule has 0 spiro atoms. The molecule has 1 fully saturated rings. The Morgan fingerprint density at radius 2 is 2.12 bits per heavy atom. The highest BCUT2D eigenvalue weighted by molar-refractivity contribution is 5.38. The Hall–Kier alpha value is -1.16. The number of β-amino-alcohol motifs (C(OH)–C–C–N with tert-alkyl or cyclic N) is 1. The van der Waals surface area contributed by atoms with E-state index in [1.165, 1.54) is 0 Å². The Morgan fingerprint density at radius 3 is 2.75 bits per heavy atom. The molecule has 0 aromatic carbocycles. The van der Waals surface area contributed by atoms with Gasteiger partial charge in [0.15, 0.2) is 0 Å². The van der Waals surface area contributed by atoms with Crippen LogP contribution in [0.5, 0.6) is 0 Å². The van der Waals surface area contributed by atoms with E-state index in [4.69, 9.17) is 0 Å². The molecule has 0 bridgehead atoms. The maximum Gasteiger partial charge on any atom is 0.147 e. The lowest BCUT2D eigenvalue weighted by molar-refractivity contribution is 0.102. The normalized spacial score (nSPS) is 25.9. The number of aliphatic hydroxyl groups excluding tert-OH is 1. The molecule has 0 amide bonds. The van der Waals surface area contributed by atoms with Gasteiger partial charge in [0.05, 0.1) is 23.7 Å². The van der Waals surface area contributed by atoms with Gasteiger partial charge in [-0.2, -0.15) is 0 Å². The molecule has 2 heterocycles. The second kappa shape index (κ2) is 4.37. The topological polar surface area (TPSA) is 49.2 Å². The van der Waals surface area contributed by atoms with Gasteiger partial charge < -0.3 is 10.0 Å². The van der Waals surface area contributed by atoms with Crippen molar-refractivity contribution in [3.8, 4) is 0 Å². The minimum atomic E-state index is -0.253. The van der Waals surface area contributed by atoms with Gasteiger partial charge in [0, 0.05) is 13.1 Å². The van der Waals surface area contributed by atoms with Gasteiger partial charge in [0.25, 0.3) is 0 Å². The fraction of sp³-hybridized carbons (Fsp3) is 0.667. The first-order chi connectivity index (χ1) is 7.58. The van der Waals surface area contributed by atoms with Crippen LogP contribution in [0.1, 0.15) is 24.7 Å². The molecule has 0 radical (unpaired) electrons. The molecular weight excluding hydrogens is 202 g/mol. The summed E-state index contributed by atoms with van der Waals surface area (Å²) in [6.07, 6.45) is 2.55. The third kappa shape index (κ3) is 2.16. The summed E-state index contributed by atoms with van der Waals surface area (Å²) in [4.78, 5) is 10.9. The van der Waals surface area contributed by atoms with Crippen molar-refractivity contribution in [2.75, 3.05) is 18.0 Å². The zero-order chi connectivity index (χ0) is 11.7. The predicted octanol–water partition coefficient (Wildman–Crippen LogP) is 1.30. The third-order valence-corrected chi connectivity index (χ3v) is 3.42. The highest BCUT2D eigenvalue weighted by Gasteiger charge is 2.25. The highest BCUT2D eigenvalue weighted by Crippen LogP contribution is 2.21. The summed E-state index contributed by atoms with van der Waals surface area (Å²) in [5, 5.41) is 9.84. The Kier molecular flexibility index (Phi) is 3.10. The molecule has 0 aliphatic carbocycles. The van der Waals surface area contributed by atoms with Crippen molar-refractivity contribution in [1.82, 2.24) is 9.97 Å². The van der Waals surface area contributed by atoms with E-state index in [2.05, 4.69) is 21.8 Å². The maximum absolute atomic E-state index is 9.84. The second-order valence-electron chi connectivity index (χ2n) is 4.68. The average molecular weight is 221 g/mol. The molecule has 1 saturated heterocycles. The van der Waals surface area contributed by atoms with Crippen LogP contribution in [0.25, 0.3) is 0 Å². The third-order valence-electron chi connectivity index (χ3n) is 3.42. The van der Waals surface area contributed by atoms with Gasteiger partial charge in [-0.3, -0.25) is 4.98 Å². The fourth-order valence-corrected chi connectivity index (χ4v) is 1.94. The van der Waals surface area contributed by atoms with Crippen LogP contribution in [0.2, 0.25) is 0 Å². The minimum Gasteiger partial charge on any atom is -0.391 e. The number of anilines is 1. The van der Waals surface area contributed by atoms with Crippen LogP contribution in [-0.4, -0.2) is 34.3 Å². The molecule has 1 N–H and O–H groups in total. The molecule has 0 saturated carbocycles. The second-order valence-corrected chi connectivity index (χ2v) is 4.68. The standard InChI is InChI=1S/C12H19N3O/c1-8-4-5-15(7-11(8)16)12-6-13-9(2)10(3)14-12/h6,8,11,16H,4-5,7H2,1-3H3. The van der Waals surface area contributed by atoms with Gasteiger partial charge in [-0.15, -0.1) is 0 Å². The number of hydrogen-bond acceptors (Lipinski definition) is 4.